The number of aromatic nitrogens is 13. The van der Waals surface area contributed by atoms with Gasteiger partial charge in [0.15, 0.2) is 6.29 Å². The van der Waals surface area contributed by atoms with Crippen LogP contribution >= 0.6 is 55.2 Å². The lowest BCUT2D eigenvalue weighted by Crippen LogP contribution is -2.41. The molecular weight excluding hydrogens is 1780 g/mol. The Hall–Kier alpha value is -10.9. The Morgan fingerprint density at radius 2 is 0.815 bits per heavy atom. The molecule has 6 aromatic carbocycles. The van der Waals surface area contributed by atoms with E-state index in [1.54, 1.807) is 79.0 Å². The van der Waals surface area contributed by atoms with Gasteiger partial charge in [0.2, 0.25) is 0 Å². The van der Waals surface area contributed by atoms with E-state index in [4.69, 9.17) is 35.9 Å². The van der Waals surface area contributed by atoms with Gasteiger partial charge < -0.3 is 23.0 Å². The first-order chi connectivity index (χ1) is 59.3. The number of fused-ring (bicyclic) bond motifs is 6. The Balaban J connectivity index is 0.000000117. The van der Waals surface area contributed by atoms with Gasteiger partial charge >= 0.3 is 7.12 Å². The van der Waals surface area contributed by atoms with Crippen LogP contribution in [-0.4, -0.2) is 88.1 Å². The molecule has 0 atom stereocenters. The molecule has 0 radical (unpaired) electrons. The fourth-order valence-corrected chi connectivity index (χ4v) is 15.8. The van der Waals surface area contributed by atoms with Gasteiger partial charge in [-0.3, -0.25) is 4.79 Å². The summed E-state index contributed by atoms with van der Waals surface area (Å²) in [7, 11) is 5.63. The molecule has 4 fully saturated rings. The zero-order valence-corrected chi connectivity index (χ0v) is 72.8. The number of carbonyl (C=O) groups is 1. The van der Waals surface area contributed by atoms with Gasteiger partial charge in [0.25, 0.3) is 32.1 Å². The van der Waals surface area contributed by atoms with Crippen LogP contribution in [0.2, 0.25) is 5.02 Å². The summed E-state index contributed by atoms with van der Waals surface area (Å²) < 4.78 is 147. The van der Waals surface area contributed by atoms with Crippen molar-refractivity contribution in [1.82, 2.24) is 63.5 Å². The molecule has 0 N–H and O–H groups in total. The molecule has 1 aliphatic heterocycles. The summed E-state index contributed by atoms with van der Waals surface area (Å²) in [6.07, 6.45) is -1.21. The van der Waals surface area contributed by atoms with Crippen LogP contribution in [0.1, 0.15) is 178 Å². The highest BCUT2D eigenvalue weighted by Crippen LogP contribution is 2.47. The van der Waals surface area contributed by atoms with E-state index in [-0.39, 0.29) is 28.5 Å². The Morgan fingerprint density at radius 1 is 0.435 bits per heavy atom. The molecule has 20 rings (SSSR count). The summed E-state index contributed by atoms with van der Waals surface area (Å²) in [5.74, 6) is 4.99. The van der Waals surface area contributed by atoms with Crippen molar-refractivity contribution in [2.24, 2.45) is 21.1 Å². The zero-order valence-electron chi connectivity index (χ0n) is 68.0. The first-order valence-electron chi connectivity index (χ1n) is 39.7. The quantitative estimate of drug-likeness (QED) is 0.0537. The van der Waals surface area contributed by atoms with Gasteiger partial charge in [0.05, 0.1) is 60.7 Å². The van der Waals surface area contributed by atoms with Crippen LogP contribution in [0.5, 0.6) is 0 Å². The Morgan fingerprint density at radius 3 is 1.25 bits per heavy atom. The molecule has 3 saturated carbocycles. The van der Waals surface area contributed by atoms with Gasteiger partial charge in [-0.15, -0.1) is 0 Å². The Bertz CT molecular complexity index is 6640. The minimum Gasteiger partial charge on any atom is -0.399 e. The Labute approximate surface area is 733 Å². The number of aryl methyl sites for hydroxylation is 1. The number of hydrogen-bond donors (Lipinski definition) is 0. The van der Waals surface area contributed by atoms with E-state index in [2.05, 4.69) is 94.4 Å². The van der Waals surface area contributed by atoms with Gasteiger partial charge in [0, 0.05) is 110 Å². The van der Waals surface area contributed by atoms with Crippen LogP contribution in [0, 0.1) is 6.92 Å². The minimum absolute atomic E-state index is 0.181. The van der Waals surface area contributed by atoms with E-state index in [0.29, 0.717) is 56.1 Å². The minimum atomic E-state index is -2.58. The van der Waals surface area contributed by atoms with Crippen molar-refractivity contribution in [2.75, 3.05) is 0 Å². The van der Waals surface area contributed by atoms with Gasteiger partial charge in [-0.1, -0.05) is 110 Å². The first kappa shape index (κ1) is 88.0. The number of halogens is 13. The topological polar surface area (TPSA) is 179 Å². The summed E-state index contributed by atoms with van der Waals surface area (Å²) in [6, 6.07) is 56.0. The normalized spacial score (nSPS) is 14.7. The van der Waals surface area contributed by atoms with Gasteiger partial charge in [0.1, 0.15) is 67.4 Å². The van der Waals surface area contributed by atoms with Gasteiger partial charge in [-0.25, -0.2) is 93.7 Å². The largest absolute Gasteiger partial charge is 0.494 e. The molecule has 10 aromatic heterocycles. The molecule has 1 saturated heterocycles. The molecule has 634 valence electrons. The highest BCUT2D eigenvalue weighted by Gasteiger charge is 2.52. The summed E-state index contributed by atoms with van der Waals surface area (Å²) in [5, 5.41) is 7.58. The van der Waals surface area contributed by atoms with E-state index >= 15 is 0 Å². The van der Waals surface area contributed by atoms with Gasteiger partial charge in [-0.05, 0) is 223 Å². The van der Waals surface area contributed by atoms with Crippen LogP contribution in [0.3, 0.4) is 0 Å². The molecule has 31 heteroatoms. The molecule has 0 unspecified atom stereocenters. The maximum Gasteiger partial charge on any atom is 0.494 e. The third-order valence-corrected chi connectivity index (χ3v) is 24.3. The second-order valence-corrected chi connectivity index (χ2v) is 34.7. The maximum atomic E-state index is 13.0. The summed E-state index contributed by atoms with van der Waals surface area (Å²) in [5.41, 5.74) is 10.0. The molecular formula is C93H79BBr2ClF10N13O3S. The van der Waals surface area contributed by atoms with Crippen LogP contribution in [-0.2, 0) is 30.5 Å². The third kappa shape index (κ3) is 20.4. The summed E-state index contributed by atoms with van der Waals surface area (Å²) in [6.45, 7) is 10.0. The van der Waals surface area contributed by atoms with E-state index in [1.807, 2.05) is 139 Å². The van der Waals surface area contributed by atoms with Crippen molar-refractivity contribution in [2.45, 2.75) is 144 Å². The standard InChI is InChI=1S/C22H17ClF2N4S.C18H17F2N3.C17H15F2N3.C16H18BF2NO2.C10H6BrF2N.C10H6BrNO/c1-29-21(12-2-3-12)28-19(22(29)30-18-9-6-15(23)11-26-18)14-5-7-16-13(10-14)4-8-17(27-16)20(24)25;1-10-16(22-18(23(10)2)11-3-4-11)13-6-7-14-12(9-13)5-8-15(21-14)17(19)20;1-22-9-15(21-17(22)10-2-3-10)12-4-6-13-11(8-12)5-7-14(20-13)16(18)19;1-15(2)16(3,4)22-17(21-15)11-6-8-12-10(9-11)5-7-13(20-12)14(18)19;11-7-2-4-8-6(5-7)1-3-9(14-8)10(12)13;11-8-2-4-10-7(5-8)1-3-9(6-13)12-10/h4-12,20H,2-3H2,1H3;5-9,11,17H,3-4H2,1-2H3;4-10,16H,2-3H2,1H3;5-9,14H,1-4H3;1-5,10H;1-6H. The molecule has 16 aromatic rings. The molecule has 4 aliphatic rings. The van der Waals surface area contributed by atoms with Crippen LogP contribution < -0.4 is 5.46 Å². The van der Waals surface area contributed by atoms with E-state index < -0.39 is 50.4 Å². The zero-order chi connectivity index (χ0) is 87.7. The van der Waals surface area contributed by atoms with Crippen molar-refractivity contribution in [3.63, 3.8) is 0 Å². The molecule has 16 nitrogen and oxygen atoms in total. The third-order valence-electron chi connectivity index (χ3n) is 22.0. The van der Waals surface area contributed by atoms with E-state index in [0.717, 1.165) is 138 Å². The van der Waals surface area contributed by atoms with E-state index in [1.165, 1.54) is 67.8 Å². The number of rotatable bonds is 15. The monoisotopic (exact) mass is 1850 g/mol. The van der Waals surface area contributed by atoms with Crippen LogP contribution in [0.4, 0.5) is 43.9 Å². The molecule has 0 bridgehead atoms. The lowest BCUT2D eigenvalue weighted by atomic mass is 9.78. The Kier molecular flexibility index (Phi) is 26.3. The smallest absolute Gasteiger partial charge is 0.399 e. The number of benzene rings is 6. The SMILES string of the molecule is CC1(C)OB(c2ccc3nc(C(F)F)ccc3c2)OC1(C)C.Cc1c(-c2ccc3nc(C(F)F)ccc3c2)nc(C2CC2)n1C.Cn1c(C2CC2)nc(-c2ccc3nc(C(F)F)ccc3c2)c1Sc1ccc(Cl)cn1.Cn1cc(-c2ccc3nc(C(F)F)ccc3c2)nc1C1CC1.FC(F)c1ccc2cc(Br)ccc2n1.O=Cc1ccc2cc(Br)ccc2n1. The molecule has 3 aliphatic carbocycles. The fourth-order valence-electron chi connectivity index (χ4n) is 14.0. The average Bonchev–Trinajstić information content (AvgIpc) is 1.63. The van der Waals surface area contributed by atoms with Crippen molar-refractivity contribution in [1.29, 1.82) is 0 Å². The lowest BCUT2D eigenvalue weighted by molar-refractivity contribution is 0.00578. The average molecular weight is 1850 g/mol. The van der Waals surface area contributed by atoms with Crippen molar-refractivity contribution < 1.29 is 58.0 Å². The lowest BCUT2D eigenvalue weighted by Gasteiger charge is -2.32. The van der Waals surface area contributed by atoms with Crippen LogP contribution in [0.15, 0.2) is 226 Å². The number of aldehydes is 1. The number of nitrogens with zero attached hydrogens (tertiary/aromatic N) is 13. The summed E-state index contributed by atoms with van der Waals surface area (Å²) >= 11 is 14.2. The van der Waals surface area contributed by atoms with Crippen molar-refractivity contribution >= 4 is 140 Å². The number of imidazole rings is 3. The molecule has 11 heterocycles. The number of alkyl halides is 10. The molecule has 124 heavy (non-hydrogen) atoms. The van der Waals surface area contributed by atoms with E-state index in [9.17, 15) is 48.7 Å². The van der Waals surface area contributed by atoms with Crippen LogP contribution in [0.25, 0.3) is 99.2 Å². The number of hydrogen-bond acceptors (Lipinski definition) is 14. The van der Waals surface area contributed by atoms with Crippen molar-refractivity contribution in [3.8, 4) is 33.8 Å². The number of carbonyl (C=O) groups excluding carboxylic acids is 1. The fraction of sp³-hybridized carbons (Fsp3) is 0.258. The molecule has 0 amide bonds. The highest BCUT2D eigenvalue weighted by atomic mass is 79.9. The number of pyridine rings is 7. The van der Waals surface area contributed by atoms with Crippen molar-refractivity contribution in [3.05, 3.63) is 278 Å². The first-order valence-corrected chi connectivity index (χ1v) is 42.5. The summed E-state index contributed by atoms with van der Waals surface area (Å²) in [4.78, 5) is 53.4. The highest BCUT2D eigenvalue weighted by molar-refractivity contribution is 9.10. The predicted molar refractivity (Wildman–Crippen MR) is 472 cm³/mol. The second-order valence-electron chi connectivity index (χ2n) is 31.5. The molecule has 0 spiro atoms. The second kappa shape index (κ2) is 37.1. The van der Waals surface area contributed by atoms with Gasteiger partial charge in [-0.2, -0.15) is 0 Å². The maximum absolute atomic E-state index is 13.0. The predicted octanol–water partition coefficient (Wildman–Crippen LogP) is 26.1.